The lowest BCUT2D eigenvalue weighted by Gasteiger charge is -2.23. The monoisotopic (exact) mass is 234 g/mol. The van der Waals surface area contributed by atoms with Crippen LogP contribution in [-0.4, -0.2) is 35.0 Å². The lowest BCUT2D eigenvalue weighted by molar-refractivity contribution is -0.127. The molecule has 1 amide bonds. The fourth-order valence-electron chi connectivity index (χ4n) is 2.23. The highest BCUT2D eigenvalue weighted by Gasteiger charge is 2.36. The maximum atomic E-state index is 11.5. The predicted molar refractivity (Wildman–Crippen MR) is 61.5 cm³/mol. The molecule has 5 heteroatoms. The van der Waals surface area contributed by atoms with Gasteiger partial charge < -0.3 is 15.7 Å². The summed E-state index contributed by atoms with van der Waals surface area (Å²) >= 11 is 0. The van der Waals surface area contributed by atoms with E-state index in [1.165, 1.54) is 6.07 Å². The zero-order valence-electron chi connectivity index (χ0n) is 9.46. The van der Waals surface area contributed by atoms with E-state index in [9.17, 15) is 9.59 Å². The van der Waals surface area contributed by atoms with Crippen molar-refractivity contribution in [2.75, 3.05) is 7.05 Å². The van der Waals surface area contributed by atoms with E-state index >= 15 is 0 Å². The topological polar surface area (TPSA) is 83.6 Å². The summed E-state index contributed by atoms with van der Waals surface area (Å²) in [6.07, 6.45) is 0.304. The molecular formula is C12H14N2O3. The number of likely N-dealkylation sites (N-methyl/N-ethyl adjacent to an activating group) is 1. The Kier molecular flexibility index (Phi) is 2.85. The molecule has 0 spiro atoms. The highest BCUT2D eigenvalue weighted by molar-refractivity contribution is 5.88. The molecular weight excluding hydrogens is 220 g/mol. The Morgan fingerprint density at radius 3 is 2.76 bits per heavy atom. The largest absolute Gasteiger partial charge is 0.478 e. The molecule has 1 aromatic carbocycles. The van der Waals surface area contributed by atoms with Gasteiger partial charge in [0.1, 0.15) is 0 Å². The molecule has 0 radical (unpaired) electrons. The minimum Gasteiger partial charge on any atom is -0.478 e. The van der Waals surface area contributed by atoms with Gasteiger partial charge in [-0.25, -0.2) is 4.79 Å². The second kappa shape index (κ2) is 4.18. The maximum Gasteiger partial charge on any atom is 0.335 e. The van der Waals surface area contributed by atoms with E-state index in [-0.39, 0.29) is 23.6 Å². The third-order valence-electron chi connectivity index (χ3n) is 3.10. The Morgan fingerprint density at radius 2 is 2.24 bits per heavy atom. The van der Waals surface area contributed by atoms with Crippen molar-refractivity contribution in [1.29, 1.82) is 0 Å². The Bertz CT molecular complexity index is 473. The van der Waals surface area contributed by atoms with Crippen LogP contribution in [0.4, 0.5) is 0 Å². The average molecular weight is 234 g/mol. The molecule has 0 saturated carbocycles. The second-order valence-corrected chi connectivity index (χ2v) is 4.25. The molecule has 1 aromatic rings. The maximum absolute atomic E-state index is 11.5. The summed E-state index contributed by atoms with van der Waals surface area (Å²) < 4.78 is 0. The van der Waals surface area contributed by atoms with E-state index in [2.05, 4.69) is 0 Å². The molecule has 1 heterocycles. The first kappa shape index (κ1) is 11.6. The number of amides is 1. The van der Waals surface area contributed by atoms with Gasteiger partial charge in [0, 0.05) is 19.5 Å². The molecule has 0 aromatic heterocycles. The van der Waals surface area contributed by atoms with Crippen LogP contribution in [0, 0.1) is 0 Å². The second-order valence-electron chi connectivity index (χ2n) is 4.25. The SMILES string of the molecule is CN1C(=O)CC(N)C1c1cccc(C(=O)O)c1. The molecule has 0 aliphatic carbocycles. The van der Waals surface area contributed by atoms with Gasteiger partial charge >= 0.3 is 5.97 Å². The van der Waals surface area contributed by atoms with Crippen LogP contribution in [0.5, 0.6) is 0 Å². The van der Waals surface area contributed by atoms with Crippen LogP contribution in [0.2, 0.25) is 0 Å². The van der Waals surface area contributed by atoms with Gasteiger partial charge in [-0.15, -0.1) is 0 Å². The van der Waals surface area contributed by atoms with Gasteiger partial charge in [-0.1, -0.05) is 12.1 Å². The number of hydrogen-bond acceptors (Lipinski definition) is 3. The summed E-state index contributed by atoms with van der Waals surface area (Å²) in [7, 11) is 1.69. The van der Waals surface area contributed by atoms with Crippen molar-refractivity contribution in [1.82, 2.24) is 4.90 Å². The summed E-state index contributed by atoms with van der Waals surface area (Å²) in [5.41, 5.74) is 6.89. The van der Waals surface area contributed by atoms with Gasteiger partial charge in [0.25, 0.3) is 0 Å². The quantitative estimate of drug-likeness (QED) is 0.785. The van der Waals surface area contributed by atoms with Crippen LogP contribution in [0.25, 0.3) is 0 Å². The lowest BCUT2D eigenvalue weighted by Crippen LogP contribution is -2.30. The van der Waals surface area contributed by atoms with Crippen LogP contribution >= 0.6 is 0 Å². The fraction of sp³-hybridized carbons (Fsp3) is 0.333. The van der Waals surface area contributed by atoms with Gasteiger partial charge in [-0.05, 0) is 17.7 Å². The van der Waals surface area contributed by atoms with Crippen molar-refractivity contribution in [2.24, 2.45) is 5.73 Å². The number of benzene rings is 1. The van der Waals surface area contributed by atoms with Crippen LogP contribution < -0.4 is 5.73 Å². The molecule has 3 N–H and O–H groups in total. The van der Waals surface area contributed by atoms with Crippen molar-refractivity contribution in [2.45, 2.75) is 18.5 Å². The van der Waals surface area contributed by atoms with Gasteiger partial charge in [0.15, 0.2) is 0 Å². The van der Waals surface area contributed by atoms with Crippen molar-refractivity contribution in [3.05, 3.63) is 35.4 Å². The number of rotatable bonds is 2. The van der Waals surface area contributed by atoms with E-state index in [0.29, 0.717) is 6.42 Å². The molecule has 5 nitrogen and oxygen atoms in total. The molecule has 17 heavy (non-hydrogen) atoms. The highest BCUT2D eigenvalue weighted by atomic mass is 16.4. The van der Waals surface area contributed by atoms with E-state index in [1.54, 1.807) is 30.1 Å². The zero-order valence-corrected chi connectivity index (χ0v) is 9.46. The van der Waals surface area contributed by atoms with Crippen LogP contribution in [0.1, 0.15) is 28.4 Å². The van der Waals surface area contributed by atoms with Crippen molar-refractivity contribution >= 4 is 11.9 Å². The minimum absolute atomic E-state index is 0.0109. The van der Waals surface area contributed by atoms with E-state index in [1.807, 2.05) is 0 Å². The summed E-state index contributed by atoms with van der Waals surface area (Å²) in [5, 5.41) is 8.92. The van der Waals surface area contributed by atoms with E-state index < -0.39 is 5.97 Å². The first-order valence-corrected chi connectivity index (χ1v) is 5.35. The Labute approximate surface area is 98.8 Å². The summed E-state index contributed by atoms with van der Waals surface area (Å²) in [4.78, 5) is 24.0. The fourth-order valence-corrected chi connectivity index (χ4v) is 2.23. The van der Waals surface area contributed by atoms with Gasteiger partial charge in [0.2, 0.25) is 5.91 Å². The minimum atomic E-state index is -0.979. The molecule has 1 saturated heterocycles. The number of nitrogens with two attached hydrogens (primary N) is 1. The molecule has 0 bridgehead atoms. The number of likely N-dealkylation sites (tertiary alicyclic amines) is 1. The molecule has 1 fully saturated rings. The molecule has 1 aliphatic heterocycles. The number of carbonyl (C=O) groups excluding carboxylic acids is 1. The van der Waals surface area contributed by atoms with Crippen LogP contribution in [0.15, 0.2) is 24.3 Å². The Hall–Kier alpha value is -1.88. The van der Waals surface area contributed by atoms with Crippen LogP contribution in [-0.2, 0) is 4.79 Å². The number of carboxylic acid groups (broad SMARTS) is 1. The van der Waals surface area contributed by atoms with E-state index in [4.69, 9.17) is 10.8 Å². The predicted octanol–water partition coefficient (Wildman–Crippen LogP) is 0.615. The number of nitrogens with zero attached hydrogens (tertiary/aromatic N) is 1. The third kappa shape index (κ3) is 2.01. The average Bonchev–Trinajstić information content (AvgIpc) is 2.53. The summed E-state index contributed by atoms with van der Waals surface area (Å²) in [5.74, 6) is -0.990. The van der Waals surface area contributed by atoms with Gasteiger partial charge in [0.05, 0.1) is 11.6 Å². The van der Waals surface area contributed by atoms with E-state index in [0.717, 1.165) is 5.56 Å². The molecule has 2 unspecified atom stereocenters. The van der Waals surface area contributed by atoms with Gasteiger partial charge in [-0.3, -0.25) is 4.79 Å². The van der Waals surface area contributed by atoms with Gasteiger partial charge in [-0.2, -0.15) is 0 Å². The molecule has 2 rings (SSSR count). The Balaban J connectivity index is 2.37. The molecule has 90 valence electrons. The summed E-state index contributed by atoms with van der Waals surface area (Å²) in [6.45, 7) is 0. The third-order valence-corrected chi connectivity index (χ3v) is 3.10. The normalized spacial score (nSPS) is 24.1. The smallest absolute Gasteiger partial charge is 0.335 e. The van der Waals surface area contributed by atoms with Crippen molar-refractivity contribution in [3.8, 4) is 0 Å². The Morgan fingerprint density at radius 1 is 1.53 bits per heavy atom. The number of carboxylic acids is 1. The summed E-state index contributed by atoms with van der Waals surface area (Å²) in [6, 6.07) is 6.04. The highest BCUT2D eigenvalue weighted by Crippen LogP contribution is 2.30. The van der Waals surface area contributed by atoms with Crippen molar-refractivity contribution < 1.29 is 14.7 Å². The number of carbonyl (C=O) groups is 2. The zero-order chi connectivity index (χ0) is 12.6. The molecule has 1 aliphatic rings. The lowest BCUT2D eigenvalue weighted by atomic mass is 9.99. The van der Waals surface area contributed by atoms with Crippen LogP contribution in [0.3, 0.4) is 0 Å². The first-order chi connectivity index (χ1) is 8.00. The number of hydrogen-bond donors (Lipinski definition) is 2. The molecule has 2 atom stereocenters. The number of aromatic carboxylic acids is 1. The first-order valence-electron chi connectivity index (χ1n) is 5.35. The van der Waals surface area contributed by atoms with Crippen molar-refractivity contribution in [3.63, 3.8) is 0 Å². The standard InChI is InChI=1S/C12H14N2O3/c1-14-10(15)6-9(13)11(14)7-3-2-4-8(5-7)12(16)17/h2-5,9,11H,6,13H2,1H3,(H,16,17).